The maximum absolute atomic E-state index is 11.9. The summed E-state index contributed by atoms with van der Waals surface area (Å²) in [6.07, 6.45) is 4.75. The van der Waals surface area contributed by atoms with E-state index < -0.39 is 10.0 Å². The zero-order valence-corrected chi connectivity index (χ0v) is 22.4. The third-order valence-corrected chi connectivity index (χ3v) is 8.91. The first-order chi connectivity index (χ1) is 16.4. The molecule has 1 heterocycles. The second-order valence-electron chi connectivity index (χ2n) is 9.22. The molecular weight excluding hydrogens is 505 g/mol. The van der Waals surface area contributed by atoms with E-state index in [0.29, 0.717) is 13.0 Å². The number of fused-ring (bicyclic) bond motifs is 1. The van der Waals surface area contributed by atoms with E-state index in [0.717, 1.165) is 43.0 Å². The number of ether oxygens (including phenoxy) is 1. The first-order valence-electron chi connectivity index (χ1n) is 12.0. The summed E-state index contributed by atoms with van der Waals surface area (Å²) in [6, 6.07) is 16.8. The van der Waals surface area contributed by atoms with E-state index in [2.05, 4.69) is 40.0 Å². The van der Waals surface area contributed by atoms with Crippen LogP contribution in [0.3, 0.4) is 0 Å². The van der Waals surface area contributed by atoms with Crippen molar-refractivity contribution in [1.82, 2.24) is 9.62 Å². The summed E-state index contributed by atoms with van der Waals surface area (Å²) in [5.41, 5.74) is 3.70. The lowest BCUT2D eigenvalue weighted by molar-refractivity contribution is 0.0619. The van der Waals surface area contributed by atoms with Crippen molar-refractivity contribution in [3.8, 4) is 11.8 Å². The van der Waals surface area contributed by atoms with Gasteiger partial charge in [0.25, 0.3) is 0 Å². The van der Waals surface area contributed by atoms with E-state index in [-0.39, 0.29) is 42.8 Å². The highest BCUT2D eigenvalue weighted by atomic mass is 35.5. The number of halogens is 2. The Hall–Kier alpha value is -1.82. The molecule has 1 unspecified atom stereocenters. The maximum Gasteiger partial charge on any atom is 0.211 e. The minimum absolute atomic E-state index is 0. The molecule has 6 nitrogen and oxygen atoms in total. The highest BCUT2D eigenvalue weighted by molar-refractivity contribution is 7.89. The Balaban J connectivity index is 0.00000342. The topological polar surface area (TPSA) is 82.4 Å². The lowest BCUT2D eigenvalue weighted by Gasteiger charge is -2.54. The molecule has 190 valence electrons. The summed E-state index contributed by atoms with van der Waals surface area (Å²) in [7, 11) is -3.25. The largest absolute Gasteiger partial charge is 0.492 e. The van der Waals surface area contributed by atoms with Gasteiger partial charge < -0.3 is 4.74 Å². The summed E-state index contributed by atoms with van der Waals surface area (Å²) >= 11 is 6.18. The molecule has 1 N–H and O–H groups in total. The first-order valence-corrected chi connectivity index (χ1v) is 14.0. The molecule has 2 aromatic rings. The monoisotopic (exact) mass is 537 g/mol. The first kappa shape index (κ1) is 27.8. The van der Waals surface area contributed by atoms with Gasteiger partial charge in [0.15, 0.2) is 0 Å². The van der Waals surface area contributed by atoms with Crippen LogP contribution in [0.5, 0.6) is 5.75 Å². The fourth-order valence-electron chi connectivity index (χ4n) is 5.41. The molecule has 0 radical (unpaired) electrons. The Morgan fingerprint density at radius 1 is 1.23 bits per heavy atom. The van der Waals surface area contributed by atoms with Gasteiger partial charge in [-0.15, -0.1) is 12.4 Å². The molecule has 0 spiro atoms. The van der Waals surface area contributed by atoms with E-state index in [9.17, 15) is 13.7 Å². The highest BCUT2D eigenvalue weighted by Crippen LogP contribution is 2.56. The fourth-order valence-corrected chi connectivity index (χ4v) is 6.61. The van der Waals surface area contributed by atoms with Crippen molar-refractivity contribution in [2.45, 2.75) is 50.5 Å². The second-order valence-corrected chi connectivity index (χ2v) is 11.6. The van der Waals surface area contributed by atoms with Gasteiger partial charge in [-0.1, -0.05) is 43.1 Å². The quantitative estimate of drug-likeness (QED) is 0.340. The minimum Gasteiger partial charge on any atom is -0.492 e. The molecule has 4 rings (SSSR count). The molecular formula is C26H33Cl2N3O3S. The maximum atomic E-state index is 11.9. The Morgan fingerprint density at radius 3 is 2.60 bits per heavy atom. The van der Waals surface area contributed by atoms with Crippen LogP contribution in [0.2, 0.25) is 5.02 Å². The van der Waals surface area contributed by atoms with Crippen molar-refractivity contribution in [2.75, 3.05) is 32.0 Å². The van der Waals surface area contributed by atoms with Crippen molar-refractivity contribution in [1.29, 1.82) is 5.26 Å². The van der Waals surface area contributed by atoms with Gasteiger partial charge in [-0.25, -0.2) is 13.1 Å². The van der Waals surface area contributed by atoms with E-state index in [1.165, 1.54) is 16.7 Å². The van der Waals surface area contributed by atoms with Gasteiger partial charge in [-0.2, -0.15) is 5.26 Å². The molecule has 35 heavy (non-hydrogen) atoms. The number of sulfonamides is 1. The lowest BCUT2D eigenvalue weighted by Crippen LogP contribution is -2.51. The van der Waals surface area contributed by atoms with E-state index in [1.807, 2.05) is 25.1 Å². The van der Waals surface area contributed by atoms with E-state index in [4.69, 9.17) is 16.3 Å². The summed E-state index contributed by atoms with van der Waals surface area (Å²) in [4.78, 5) is 2.30. The Kier molecular flexibility index (Phi) is 9.47. The molecule has 1 aliphatic carbocycles. The molecule has 2 aliphatic rings. The van der Waals surface area contributed by atoms with Crippen LogP contribution in [-0.4, -0.2) is 45.3 Å². The number of rotatable bonds is 10. The number of nitriles is 1. The van der Waals surface area contributed by atoms with Gasteiger partial charge >= 0.3 is 0 Å². The number of nitrogens with one attached hydrogen (secondary N) is 1. The van der Waals surface area contributed by atoms with E-state index in [1.54, 1.807) is 0 Å². The van der Waals surface area contributed by atoms with Gasteiger partial charge in [0, 0.05) is 29.6 Å². The van der Waals surface area contributed by atoms with Gasteiger partial charge in [-0.05, 0) is 66.6 Å². The molecule has 9 heteroatoms. The zero-order chi connectivity index (χ0) is 24.2. The van der Waals surface area contributed by atoms with Crippen LogP contribution in [0, 0.1) is 11.3 Å². The van der Waals surface area contributed by atoms with Crippen LogP contribution >= 0.6 is 24.0 Å². The molecule has 2 aromatic carbocycles. The third kappa shape index (κ3) is 6.12. The van der Waals surface area contributed by atoms with Crippen molar-refractivity contribution < 1.29 is 13.2 Å². The Labute approximate surface area is 220 Å². The summed E-state index contributed by atoms with van der Waals surface area (Å²) in [5.74, 6) is 0.845. The standard InChI is InChI=1S/C26H32ClN3O3S.ClH/c1-2-18-34(31,32)29-14-17-33-23-9-4-20-10-15-30(16-13-28)25(24(20)19-23)26(11-3-12-26)21-5-7-22(27)8-6-21;/h4-9,19,25,29H,2-3,10-12,14-18H2,1H3;1H. The highest BCUT2D eigenvalue weighted by Gasteiger charge is 2.50. The van der Waals surface area contributed by atoms with Crippen molar-refractivity contribution in [3.63, 3.8) is 0 Å². The van der Waals surface area contributed by atoms with Crippen molar-refractivity contribution >= 4 is 34.0 Å². The van der Waals surface area contributed by atoms with Gasteiger partial charge in [0.2, 0.25) is 10.0 Å². The van der Waals surface area contributed by atoms with Crippen LogP contribution in [-0.2, 0) is 21.9 Å². The number of hydrogen-bond donors (Lipinski definition) is 1. The molecule has 0 amide bonds. The minimum atomic E-state index is -3.25. The van der Waals surface area contributed by atoms with Crippen LogP contribution < -0.4 is 9.46 Å². The smallest absolute Gasteiger partial charge is 0.211 e. The molecule has 1 aliphatic heterocycles. The molecule has 0 aromatic heterocycles. The van der Waals surface area contributed by atoms with Crippen LogP contribution in [0.1, 0.15) is 55.3 Å². The fraction of sp³-hybridized carbons (Fsp3) is 0.500. The Morgan fingerprint density at radius 2 is 1.97 bits per heavy atom. The zero-order valence-electron chi connectivity index (χ0n) is 20.0. The van der Waals surface area contributed by atoms with Crippen molar-refractivity contribution in [2.24, 2.45) is 0 Å². The lowest BCUT2D eigenvalue weighted by atomic mass is 9.57. The van der Waals surface area contributed by atoms with E-state index >= 15 is 0 Å². The van der Waals surface area contributed by atoms with Crippen LogP contribution in [0.25, 0.3) is 0 Å². The molecule has 1 fully saturated rings. The predicted octanol–water partition coefficient (Wildman–Crippen LogP) is 5.01. The van der Waals surface area contributed by atoms with Gasteiger partial charge in [0.05, 0.1) is 18.4 Å². The molecule has 1 saturated carbocycles. The Bertz CT molecular complexity index is 1150. The van der Waals surface area contributed by atoms with Crippen LogP contribution in [0.15, 0.2) is 42.5 Å². The third-order valence-electron chi connectivity index (χ3n) is 7.07. The normalized spacial score (nSPS) is 19.1. The number of nitrogens with zero attached hydrogens (tertiary/aromatic N) is 2. The average Bonchev–Trinajstić information content (AvgIpc) is 2.78. The summed E-state index contributed by atoms with van der Waals surface area (Å²) < 4.78 is 32.3. The summed E-state index contributed by atoms with van der Waals surface area (Å²) in [6.45, 7) is 3.56. The molecule has 0 bridgehead atoms. The SMILES string of the molecule is CCCS(=O)(=O)NCCOc1ccc2c(c1)C(C1(c3ccc(Cl)cc3)CCC1)N(CC#N)CC2.Cl. The predicted molar refractivity (Wildman–Crippen MR) is 142 cm³/mol. The van der Waals surface area contributed by atoms with Gasteiger partial charge in [0.1, 0.15) is 12.4 Å². The molecule has 0 saturated heterocycles. The number of hydrogen-bond acceptors (Lipinski definition) is 5. The number of benzene rings is 2. The average molecular weight is 539 g/mol. The van der Waals surface area contributed by atoms with Gasteiger partial charge in [-0.3, -0.25) is 4.90 Å². The van der Waals surface area contributed by atoms with Crippen molar-refractivity contribution in [3.05, 3.63) is 64.2 Å². The van der Waals surface area contributed by atoms with Crippen LogP contribution in [0.4, 0.5) is 0 Å². The molecule has 1 atom stereocenters. The summed E-state index contributed by atoms with van der Waals surface area (Å²) in [5, 5.41) is 10.3. The second kappa shape index (κ2) is 11.9.